The number of carbonyl (C=O) groups excluding carboxylic acids is 4. The lowest BCUT2D eigenvalue weighted by Crippen LogP contribution is -2.61. The Bertz CT molecular complexity index is 1430. The highest BCUT2D eigenvalue weighted by Crippen LogP contribution is 2.48. The topological polar surface area (TPSA) is 155 Å². The van der Waals surface area contributed by atoms with Crippen molar-refractivity contribution in [3.05, 3.63) is 11.3 Å². The summed E-state index contributed by atoms with van der Waals surface area (Å²) in [4.78, 5) is 54.7. The van der Waals surface area contributed by atoms with Crippen molar-refractivity contribution in [2.75, 3.05) is 21.2 Å². The molecule has 2 bridgehead atoms. The van der Waals surface area contributed by atoms with Crippen molar-refractivity contribution in [1.82, 2.24) is 4.90 Å². The number of hydrogen-bond acceptors (Lipinski definition) is 14. The van der Waals surface area contributed by atoms with E-state index in [0.29, 0.717) is 31.5 Å². The highest BCUT2D eigenvalue weighted by Gasteiger charge is 2.56. The van der Waals surface area contributed by atoms with Crippen LogP contribution < -0.4 is 0 Å². The molecule has 14 heteroatoms. The molecular formula is C41H67NO13. The fourth-order valence-electron chi connectivity index (χ4n) is 9.43. The van der Waals surface area contributed by atoms with Gasteiger partial charge in [-0.2, -0.15) is 0 Å². The Morgan fingerprint density at radius 2 is 1.64 bits per heavy atom. The maximum atomic E-state index is 14.4. The average Bonchev–Trinajstić information content (AvgIpc) is 3.42. The van der Waals surface area contributed by atoms with Gasteiger partial charge in [-0.1, -0.05) is 13.8 Å². The number of nitrogens with zero attached hydrogens (tertiary/aromatic N) is 1. The summed E-state index contributed by atoms with van der Waals surface area (Å²) in [5.74, 6) is -2.76. The number of cyclic esters (lactones) is 1. The number of ether oxygens (including phenoxy) is 9. The maximum absolute atomic E-state index is 14.4. The van der Waals surface area contributed by atoms with Crippen LogP contribution in [-0.4, -0.2) is 123 Å². The van der Waals surface area contributed by atoms with Gasteiger partial charge in [0.2, 0.25) is 0 Å². The lowest BCUT2D eigenvalue weighted by Gasteiger charge is -2.49. The molecule has 0 amide bonds. The molecule has 4 aliphatic rings. The quantitative estimate of drug-likeness (QED) is 0.164. The van der Waals surface area contributed by atoms with Crippen LogP contribution in [0.3, 0.4) is 0 Å². The Morgan fingerprint density at radius 1 is 0.982 bits per heavy atom. The molecule has 4 rings (SSSR count). The van der Waals surface area contributed by atoms with E-state index in [2.05, 4.69) is 0 Å². The van der Waals surface area contributed by atoms with Crippen LogP contribution in [0.5, 0.6) is 0 Å². The summed E-state index contributed by atoms with van der Waals surface area (Å²) in [6, 6.07) is -0.229. The van der Waals surface area contributed by atoms with Gasteiger partial charge in [-0.25, -0.2) is 0 Å². The normalized spacial score (nSPS) is 42.7. The molecular weight excluding hydrogens is 714 g/mol. The molecule has 14 nitrogen and oxygen atoms in total. The molecule has 314 valence electrons. The summed E-state index contributed by atoms with van der Waals surface area (Å²) < 4.78 is 57.2. The van der Waals surface area contributed by atoms with E-state index in [9.17, 15) is 19.2 Å². The third kappa shape index (κ3) is 9.25. The van der Waals surface area contributed by atoms with Gasteiger partial charge in [-0.3, -0.25) is 19.2 Å². The number of hydrogen-bond donors (Lipinski definition) is 0. The minimum atomic E-state index is -1.09. The van der Waals surface area contributed by atoms with Gasteiger partial charge < -0.3 is 47.5 Å². The van der Waals surface area contributed by atoms with Gasteiger partial charge in [0.1, 0.15) is 29.2 Å². The molecule has 0 aromatic rings. The highest BCUT2D eigenvalue weighted by atomic mass is 16.7. The predicted molar refractivity (Wildman–Crippen MR) is 200 cm³/mol. The van der Waals surface area contributed by atoms with Crippen molar-refractivity contribution in [3.8, 4) is 0 Å². The molecule has 0 aromatic carbocycles. The Hall–Kier alpha value is -2.62. The van der Waals surface area contributed by atoms with Crippen LogP contribution >= 0.6 is 0 Å². The van der Waals surface area contributed by atoms with Crippen molar-refractivity contribution >= 4 is 24.2 Å². The SMILES string of the molecule is CCC1OC(=O)C(C)C(OC2C[C@@](C)(OC)[C@@H](OC=O)C(C)O2)C(C)[C@@H](OC2OC(C)CC(N(C)C)[C@H]2OC(C)=O)C2(C)CC(C)=C(O2)[C@H](C)C(=O)C1(C)C. The first kappa shape index (κ1) is 45.1. The largest absolute Gasteiger partial charge is 0.488 e. The van der Waals surface area contributed by atoms with Gasteiger partial charge in [-0.15, -0.1) is 0 Å². The third-order valence-electron chi connectivity index (χ3n) is 12.5. The van der Waals surface area contributed by atoms with Crippen LogP contribution in [0.4, 0.5) is 0 Å². The molecule has 3 fully saturated rings. The van der Waals surface area contributed by atoms with Gasteiger partial charge in [-0.05, 0) is 94.8 Å². The molecule has 4 heterocycles. The molecule has 3 saturated heterocycles. The number of rotatable bonds is 10. The van der Waals surface area contributed by atoms with E-state index in [4.69, 9.17) is 42.6 Å². The summed E-state index contributed by atoms with van der Waals surface area (Å²) in [5.41, 5.74) is -2.23. The van der Waals surface area contributed by atoms with Crippen LogP contribution in [0.2, 0.25) is 0 Å². The number of carbonyl (C=O) groups is 4. The van der Waals surface area contributed by atoms with E-state index in [0.717, 1.165) is 5.57 Å². The van der Waals surface area contributed by atoms with Crippen molar-refractivity contribution in [1.29, 1.82) is 0 Å². The summed E-state index contributed by atoms with van der Waals surface area (Å²) in [7, 11) is 5.37. The molecule has 0 spiro atoms. The highest BCUT2D eigenvalue weighted by molar-refractivity contribution is 5.89. The maximum Gasteiger partial charge on any atom is 0.311 e. The summed E-state index contributed by atoms with van der Waals surface area (Å²) in [6.45, 7) is 22.2. The van der Waals surface area contributed by atoms with Crippen molar-refractivity contribution < 1.29 is 61.8 Å². The van der Waals surface area contributed by atoms with Gasteiger partial charge >= 0.3 is 11.9 Å². The number of fused-ring (bicyclic) bond motifs is 2. The fraction of sp³-hybridized carbons (Fsp3) is 0.854. The number of ketones is 1. The van der Waals surface area contributed by atoms with Crippen LogP contribution in [-0.2, 0) is 61.8 Å². The molecule has 0 aromatic heterocycles. The van der Waals surface area contributed by atoms with Gasteiger partial charge in [0, 0.05) is 32.8 Å². The summed E-state index contributed by atoms with van der Waals surface area (Å²) in [6.07, 6.45) is -5.27. The predicted octanol–water partition coefficient (Wildman–Crippen LogP) is 5.13. The molecule has 0 radical (unpaired) electrons. The Labute approximate surface area is 327 Å². The average molecular weight is 782 g/mol. The number of likely N-dealkylation sites (N-methyl/N-ethyl adjacent to an activating group) is 1. The molecule has 0 saturated carbocycles. The first-order valence-electron chi connectivity index (χ1n) is 19.8. The lowest BCUT2D eigenvalue weighted by atomic mass is 9.75. The van der Waals surface area contributed by atoms with E-state index in [-0.39, 0.29) is 24.3 Å². The smallest absolute Gasteiger partial charge is 0.311 e. The van der Waals surface area contributed by atoms with E-state index in [1.807, 2.05) is 81.3 Å². The van der Waals surface area contributed by atoms with Crippen LogP contribution in [0.15, 0.2) is 11.3 Å². The zero-order valence-corrected chi connectivity index (χ0v) is 35.7. The Balaban J connectivity index is 1.88. The Kier molecular flexibility index (Phi) is 14.3. The Morgan fingerprint density at radius 3 is 2.20 bits per heavy atom. The fourth-order valence-corrected chi connectivity index (χ4v) is 9.43. The third-order valence-corrected chi connectivity index (χ3v) is 12.5. The van der Waals surface area contributed by atoms with E-state index < -0.39 is 95.5 Å². The van der Waals surface area contributed by atoms with Crippen molar-refractivity contribution in [2.45, 2.75) is 181 Å². The second-order valence-electron chi connectivity index (χ2n) is 17.5. The monoisotopic (exact) mass is 781 g/mol. The first-order valence-corrected chi connectivity index (χ1v) is 19.8. The van der Waals surface area contributed by atoms with E-state index in [1.165, 1.54) is 14.0 Å². The van der Waals surface area contributed by atoms with E-state index >= 15 is 0 Å². The van der Waals surface area contributed by atoms with E-state index in [1.54, 1.807) is 13.8 Å². The second kappa shape index (κ2) is 17.5. The van der Waals surface area contributed by atoms with Gasteiger partial charge in [0.05, 0.1) is 41.6 Å². The number of allylic oxidation sites excluding steroid dienone is 1. The number of Topliss-reactive ketones (excluding diaryl/α,β-unsaturated/α-hetero) is 1. The zero-order valence-electron chi connectivity index (χ0n) is 35.7. The lowest BCUT2D eigenvalue weighted by molar-refractivity contribution is -0.317. The molecule has 55 heavy (non-hydrogen) atoms. The minimum Gasteiger partial charge on any atom is -0.488 e. The van der Waals surface area contributed by atoms with Gasteiger partial charge in [0.15, 0.2) is 30.6 Å². The number of methoxy groups -OCH3 is 1. The molecule has 10 unspecified atom stereocenters. The van der Waals surface area contributed by atoms with Crippen LogP contribution in [0.1, 0.15) is 109 Å². The minimum absolute atomic E-state index is 0.111. The van der Waals surface area contributed by atoms with Gasteiger partial charge in [0.25, 0.3) is 6.47 Å². The molecule has 4 aliphatic heterocycles. The first-order chi connectivity index (χ1) is 25.5. The van der Waals surface area contributed by atoms with Crippen LogP contribution in [0, 0.1) is 23.2 Å². The van der Waals surface area contributed by atoms with Crippen LogP contribution in [0.25, 0.3) is 0 Å². The van der Waals surface area contributed by atoms with Crippen molar-refractivity contribution in [2.24, 2.45) is 23.2 Å². The standard InChI is InChI=1S/C41H67NO13/c1-16-29-39(9,10)34(45)23(4)31-21(2)18-41(12,55-31)35(54-38-33(51-27(8)44)28(42(13)14)17-22(3)49-38)24(5)32(25(6)37(46)52-29)53-30-19-40(11,47-15)36(48-20-43)26(7)50-30/h20,22-26,28-30,32-33,35-36,38H,16-19H2,1-15H3/t22?,23-,24?,25?,26?,28?,29?,30?,32?,33+,35+,36-,38?,40+,41?/m0/s1. The second-order valence-corrected chi connectivity index (χ2v) is 17.5. The molecule has 0 aliphatic carbocycles. The van der Waals surface area contributed by atoms with Crippen molar-refractivity contribution in [3.63, 3.8) is 0 Å². The summed E-state index contributed by atoms with van der Waals surface area (Å²) in [5, 5.41) is 0. The summed E-state index contributed by atoms with van der Waals surface area (Å²) >= 11 is 0. The zero-order chi connectivity index (χ0) is 41.4. The molecule has 0 N–H and O–H groups in total. The molecule has 15 atom stereocenters. The number of esters is 2.